The van der Waals surface area contributed by atoms with Crippen molar-refractivity contribution in [1.82, 2.24) is 24.9 Å². The Morgan fingerprint density at radius 1 is 0.649 bits per heavy atom. The quantitative estimate of drug-likeness (QED) is 0.0359. The summed E-state index contributed by atoms with van der Waals surface area (Å²) in [5.74, 6) is -13.1. The van der Waals surface area contributed by atoms with Crippen LogP contribution in [0.2, 0.25) is 0 Å². The number of aliphatic hydroxyl groups is 1. The number of aryl methyl sites for hydroxylation is 5. The van der Waals surface area contributed by atoms with E-state index in [2.05, 4.69) is 50.3 Å². The second-order valence-electron chi connectivity index (χ2n) is 13.2. The van der Waals surface area contributed by atoms with Crippen LogP contribution in [-0.2, 0) is 53.9 Å². The number of esters is 2. The molecule has 11 nitrogen and oxygen atoms in total. The molecule has 0 aliphatic heterocycles. The normalized spacial score (nSPS) is 10.1. The Hall–Kier alpha value is -0.639. The van der Waals surface area contributed by atoms with Crippen molar-refractivity contribution in [2.75, 3.05) is 24.2 Å². The molecule has 5 aromatic heterocycles. The first-order valence-corrected chi connectivity index (χ1v) is 23.4. The van der Waals surface area contributed by atoms with Crippen molar-refractivity contribution in [2.45, 2.75) is 85.9 Å². The molecule has 74 heavy (non-hydrogen) atoms. The van der Waals surface area contributed by atoms with Gasteiger partial charge >= 0.3 is 110 Å². The summed E-state index contributed by atoms with van der Waals surface area (Å²) in [5, 5.41) is 8.33. The molecule has 0 atom stereocenters. The molecule has 2 N–H and O–H groups in total. The van der Waals surface area contributed by atoms with E-state index in [-0.39, 0.29) is 157 Å². The topological polar surface area (TPSA) is 167 Å². The second-order valence-corrected chi connectivity index (χ2v) is 16.4. The van der Waals surface area contributed by atoms with Crippen LogP contribution in [0.3, 0.4) is 0 Å². The SMILES string of the molecule is C.C.CCOC(=O)C(F)(F)Br.CCOC(=O)C(F)(F)c1ccc(C)cn1.Cc1ccc(/C(F)=C/I)nc1.Cc1ccc(Br)nc1.Cc1ccc(C(F)(F)CI)nc1.Cc1ccc(C(F)(F)CO)nc1.[B].[Cu].[H-].[K+].[Na+].[OH-]. The third-order valence-electron chi connectivity index (χ3n) is 7.34. The van der Waals surface area contributed by atoms with Gasteiger partial charge in [-0.1, -0.05) is 67.8 Å². The fourth-order valence-electron chi connectivity index (χ4n) is 3.83. The number of alkyl halides is 10. The van der Waals surface area contributed by atoms with E-state index in [4.69, 9.17) is 5.11 Å². The molecule has 0 aliphatic carbocycles. The molecule has 0 bridgehead atoms. The largest absolute Gasteiger partial charge is 1.00 e. The third-order valence-corrected chi connectivity index (χ3v) is 9.64. The van der Waals surface area contributed by atoms with Gasteiger partial charge in [0.05, 0.1) is 23.3 Å². The maximum Gasteiger partial charge on any atom is 1.00 e. The minimum absolute atomic E-state index is 0. The maximum absolute atomic E-state index is 13.3. The monoisotopic (exact) mass is 1490 g/mol. The van der Waals surface area contributed by atoms with Crippen LogP contribution in [0.1, 0.15) is 80.7 Å². The van der Waals surface area contributed by atoms with Crippen molar-refractivity contribution >= 4 is 103 Å². The van der Waals surface area contributed by atoms with E-state index in [1.54, 1.807) is 54.8 Å². The zero-order valence-corrected chi connectivity index (χ0v) is 53.7. The van der Waals surface area contributed by atoms with Crippen LogP contribution in [0.4, 0.5) is 39.5 Å². The predicted molar refractivity (Wildman–Crippen MR) is 283 cm³/mol. The van der Waals surface area contributed by atoms with Crippen LogP contribution in [0.5, 0.6) is 0 Å². The molecule has 408 valence electrons. The molecule has 0 aromatic carbocycles. The summed E-state index contributed by atoms with van der Waals surface area (Å²) in [6.07, 6.45) is 7.55. The van der Waals surface area contributed by atoms with Gasteiger partial charge in [-0.15, -0.1) is 0 Å². The summed E-state index contributed by atoms with van der Waals surface area (Å²) in [7, 11) is 0. The minimum Gasteiger partial charge on any atom is -1.00 e. The average molecular weight is 1500 g/mol. The first-order chi connectivity index (χ1) is 31.1. The molecule has 0 fully saturated rings. The molecule has 4 radical (unpaired) electrons. The number of hydrogen-bond acceptors (Lipinski definition) is 11. The number of ether oxygens (including phenoxy) is 2. The van der Waals surface area contributed by atoms with Gasteiger partial charge in [-0.05, 0) is 145 Å². The summed E-state index contributed by atoms with van der Waals surface area (Å²) in [6, 6.07) is 15.8. The van der Waals surface area contributed by atoms with Crippen LogP contribution < -0.4 is 80.9 Å². The van der Waals surface area contributed by atoms with Gasteiger partial charge in [-0.2, -0.15) is 35.1 Å². The van der Waals surface area contributed by atoms with Gasteiger partial charge < -0.3 is 21.5 Å². The number of aliphatic hydroxyl groups excluding tert-OH is 1. The maximum atomic E-state index is 13.3. The van der Waals surface area contributed by atoms with E-state index in [1.165, 1.54) is 66.3 Å². The molecular weight excluding hydrogens is 1440 g/mol. The summed E-state index contributed by atoms with van der Waals surface area (Å²) >= 11 is 8.57. The van der Waals surface area contributed by atoms with Crippen LogP contribution in [0.25, 0.3) is 5.83 Å². The van der Waals surface area contributed by atoms with Crippen molar-refractivity contribution in [3.63, 3.8) is 0 Å². The summed E-state index contributed by atoms with van der Waals surface area (Å²) < 4.78 is 125. The average Bonchev–Trinajstić information content (AvgIpc) is 3.29. The van der Waals surface area contributed by atoms with Crippen LogP contribution in [0.15, 0.2) is 100 Å². The summed E-state index contributed by atoms with van der Waals surface area (Å²) in [5.41, 5.74) is 3.94. The van der Waals surface area contributed by atoms with Gasteiger partial charge in [0, 0.05) is 76.5 Å². The molecular formula is C46H56BBr2CuF9I2KN5NaO6. The minimum atomic E-state index is -3.68. The number of rotatable bonds is 10. The van der Waals surface area contributed by atoms with Crippen LogP contribution >= 0.6 is 77.0 Å². The van der Waals surface area contributed by atoms with E-state index in [9.17, 15) is 49.1 Å². The standard InChI is InChI=1S/C10H11F2NO2.C8H8F2IN.C8H9F2NO.C8H7FIN.C6H6BrN.C4H5BrF2O2.2CH4.B.Cu.K.Na.H2O.H/c1-3-15-9(14)10(11,12)8-5-4-7(2)6-13-8;1-6-2-3-7(12-4-6)8(9,10)5-11;1-6-2-3-7(11-4-6)8(9,10)5-12;1-6-2-3-8(11-5-6)7(9)4-10;1-5-2-3-6(7)8-4-5;1-2-9-3(8)4(5,6)7;;;;;;;;/h4-6H,3H2,1-2H3;2-4H,5H2,1H3;2-4,12H,5H2,1H3;2-5H,1H3;2-4H,1H3;2H2,1H3;2*1H4;;;;;1H2;/q;;;;;;;;;;2*+1;;-1/p-1/b;;;7-4-;;;;;;;;;;. The van der Waals surface area contributed by atoms with Gasteiger partial charge in [0.1, 0.15) is 28.3 Å². The van der Waals surface area contributed by atoms with E-state index in [0.717, 1.165) is 32.9 Å². The Kier molecular flexibility index (Phi) is 56.1. The van der Waals surface area contributed by atoms with Crippen molar-refractivity contribution in [2.24, 2.45) is 0 Å². The fourth-order valence-corrected chi connectivity index (χ4v) is 4.88. The Balaban J connectivity index is -0.0000000984. The van der Waals surface area contributed by atoms with Gasteiger partial charge in [-0.25, -0.2) is 19.0 Å². The van der Waals surface area contributed by atoms with E-state index in [0.29, 0.717) is 5.69 Å². The Bertz CT molecular complexity index is 2190. The number of carbonyl (C=O) groups is 2. The summed E-state index contributed by atoms with van der Waals surface area (Å²) in [4.78, 5) is 36.0. The number of hydrogen-bond donors (Lipinski definition) is 1. The first-order valence-electron chi connectivity index (χ1n) is 19.1. The van der Waals surface area contributed by atoms with E-state index in [1.807, 2.05) is 83.7 Å². The molecule has 0 aliphatic rings. The molecule has 0 saturated carbocycles. The molecule has 0 saturated heterocycles. The first kappa shape index (κ1) is 89.9. The number of aromatic nitrogens is 5. The van der Waals surface area contributed by atoms with Crippen molar-refractivity contribution in [3.8, 4) is 0 Å². The Morgan fingerprint density at radius 2 is 0.986 bits per heavy atom. The molecule has 0 spiro atoms. The fraction of sp³-hybridized carbons (Fsp3) is 0.370. The van der Waals surface area contributed by atoms with Crippen molar-refractivity contribution in [1.29, 1.82) is 0 Å². The van der Waals surface area contributed by atoms with Crippen LogP contribution in [0, 0.1) is 34.6 Å². The second kappa shape index (κ2) is 46.1. The van der Waals surface area contributed by atoms with E-state index >= 15 is 0 Å². The number of halogens is 13. The smallest absolute Gasteiger partial charge is 1.00 e. The molecule has 0 unspecified atom stereocenters. The van der Waals surface area contributed by atoms with Gasteiger partial charge in [0.2, 0.25) is 0 Å². The molecule has 0 amide bonds. The van der Waals surface area contributed by atoms with Gasteiger partial charge in [-0.3, -0.25) is 19.9 Å². The number of nitrogens with zero attached hydrogens (tertiary/aromatic N) is 5. The zero-order valence-electron chi connectivity index (χ0n) is 41.1. The third kappa shape index (κ3) is 37.3. The number of carbonyl (C=O) groups excluding carboxylic acids is 2. The Labute approximate surface area is 550 Å². The molecule has 28 heteroatoms. The zero-order chi connectivity index (χ0) is 51.6. The predicted octanol–water partition coefficient (Wildman–Crippen LogP) is 8.05. The van der Waals surface area contributed by atoms with Crippen LogP contribution in [-0.4, -0.2) is 84.9 Å². The van der Waals surface area contributed by atoms with Crippen molar-refractivity contribution in [3.05, 3.63) is 151 Å². The van der Waals surface area contributed by atoms with E-state index < -0.39 is 52.5 Å². The van der Waals surface area contributed by atoms with Gasteiger partial charge in [0.15, 0.2) is 5.83 Å². The Morgan fingerprint density at radius 3 is 1.24 bits per heavy atom. The molecule has 5 rings (SSSR count). The van der Waals surface area contributed by atoms with Crippen molar-refractivity contribution < 1.29 is 169 Å². The number of pyridine rings is 5. The summed E-state index contributed by atoms with van der Waals surface area (Å²) in [6.45, 7) is 10.8. The molecule has 5 aromatic rings. The van der Waals surface area contributed by atoms with Gasteiger partial charge in [0.25, 0.3) is 5.92 Å². The molecule has 5 heterocycles.